The molecule has 0 radical (unpaired) electrons. The third kappa shape index (κ3) is 3.03. The van der Waals surface area contributed by atoms with Gasteiger partial charge in [0.25, 0.3) is 10.0 Å². The van der Waals surface area contributed by atoms with Gasteiger partial charge in [0.05, 0.1) is 6.61 Å². The van der Waals surface area contributed by atoms with Gasteiger partial charge in [-0.1, -0.05) is 0 Å². The van der Waals surface area contributed by atoms with Crippen molar-refractivity contribution in [2.45, 2.75) is 17.1 Å². The van der Waals surface area contributed by atoms with Gasteiger partial charge in [-0.05, 0) is 12.1 Å². The van der Waals surface area contributed by atoms with Crippen LogP contribution in [0.2, 0.25) is 0 Å². The van der Waals surface area contributed by atoms with Crippen LogP contribution >= 0.6 is 0 Å². The third-order valence-electron chi connectivity index (χ3n) is 3.07. The van der Waals surface area contributed by atoms with E-state index in [9.17, 15) is 13.2 Å². The Hall–Kier alpha value is -1.22. The van der Waals surface area contributed by atoms with Crippen molar-refractivity contribution in [3.63, 3.8) is 0 Å². The van der Waals surface area contributed by atoms with E-state index in [2.05, 4.69) is 4.72 Å². The fraction of sp³-hybridized carbons (Fsp3) is 0.545. The molecule has 1 unspecified atom stereocenters. The molecule has 2 heterocycles. The summed E-state index contributed by atoms with van der Waals surface area (Å²) in [5, 5.41) is -0.292. The highest BCUT2D eigenvalue weighted by molar-refractivity contribution is 7.89. The minimum Gasteiger partial charge on any atom is -0.440 e. The molecule has 1 fully saturated rings. The van der Waals surface area contributed by atoms with Crippen molar-refractivity contribution in [3.8, 4) is 0 Å². The van der Waals surface area contributed by atoms with Crippen molar-refractivity contribution in [3.05, 3.63) is 17.9 Å². The number of furan rings is 1. The Kier molecular flexibility index (Phi) is 4.04. The number of ether oxygens (including phenoxy) is 2. The molecule has 1 aliphatic heterocycles. The van der Waals surface area contributed by atoms with Crippen molar-refractivity contribution < 1.29 is 27.1 Å². The van der Waals surface area contributed by atoms with Gasteiger partial charge in [-0.2, -0.15) is 0 Å². The molecule has 1 saturated heterocycles. The van der Waals surface area contributed by atoms with Crippen LogP contribution in [0.5, 0.6) is 0 Å². The molecule has 19 heavy (non-hydrogen) atoms. The number of carbonyl (C=O) groups is 1. The largest absolute Gasteiger partial charge is 0.440 e. The summed E-state index contributed by atoms with van der Waals surface area (Å²) >= 11 is 0. The Bertz CT molecular complexity index is 543. The summed E-state index contributed by atoms with van der Waals surface area (Å²) in [5.41, 5.74) is -0.646. The van der Waals surface area contributed by atoms with Crippen LogP contribution in [0.25, 0.3) is 0 Å². The number of aldehydes is 1. The lowest BCUT2D eigenvalue weighted by molar-refractivity contribution is -0.0121. The van der Waals surface area contributed by atoms with E-state index in [1.165, 1.54) is 19.2 Å². The number of hydrogen-bond acceptors (Lipinski definition) is 6. The Labute approximate surface area is 110 Å². The Balaban J connectivity index is 2.07. The first kappa shape index (κ1) is 14.2. The molecule has 8 heteroatoms. The monoisotopic (exact) mass is 289 g/mol. The van der Waals surface area contributed by atoms with Crippen LogP contribution in [0.15, 0.2) is 21.6 Å². The van der Waals surface area contributed by atoms with Gasteiger partial charge in [0.2, 0.25) is 5.09 Å². The number of nitrogens with one attached hydrogen (secondary N) is 1. The first-order chi connectivity index (χ1) is 9.01. The highest BCUT2D eigenvalue weighted by Crippen LogP contribution is 2.22. The van der Waals surface area contributed by atoms with Gasteiger partial charge in [0, 0.05) is 26.7 Å². The summed E-state index contributed by atoms with van der Waals surface area (Å²) in [6, 6.07) is 2.53. The van der Waals surface area contributed by atoms with Gasteiger partial charge in [-0.25, -0.2) is 13.1 Å². The van der Waals surface area contributed by atoms with Crippen molar-refractivity contribution >= 4 is 16.3 Å². The molecule has 0 bridgehead atoms. The van der Waals surface area contributed by atoms with Crippen molar-refractivity contribution in [2.24, 2.45) is 0 Å². The molecular weight excluding hydrogens is 274 g/mol. The highest BCUT2D eigenvalue weighted by atomic mass is 32.2. The maximum absolute atomic E-state index is 12.0. The molecule has 2 rings (SSSR count). The Morgan fingerprint density at radius 1 is 1.53 bits per heavy atom. The normalized spacial score (nSPS) is 23.6. The van der Waals surface area contributed by atoms with Crippen LogP contribution in [0, 0.1) is 0 Å². The standard InChI is InChI=1S/C11H15NO6S/c1-16-11(4-5-17-8-11)7-12-19(14,15)10-3-2-9(6-13)18-10/h2-3,6,12H,4-5,7-8H2,1H3. The van der Waals surface area contributed by atoms with Crippen LogP contribution < -0.4 is 4.72 Å². The number of rotatable bonds is 6. The number of hydrogen-bond donors (Lipinski definition) is 1. The van der Waals surface area contributed by atoms with E-state index in [0.29, 0.717) is 25.9 Å². The fourth-order valence-corrected chi connectivity index (χ4v) is 2.85. The van der Waals surface area contributed by atoms with Gasteiger partial charge >= 0.3 is 0 Å². The molecule has 1 aromatic rings. The van der Waals surface area contributed by atoms with Gasteiger partial charge in [0.15, 0.2) is 12.0 Å². The SMILES string of the molecule is COC1(CNS(=O)(=O)c2ccc(C=O)o2)CCOC1. The fourth-order valence-electron chi connectivity index (χ4n) is 1.80. The molecule has 0 saturated carbocycles. The third-order valence-corrected chi connectivity index (χ3v) is 4.34. The van der Waals surface area contributed by atoms with E-state index in [-0.39, 0.29) is 17.4 Å². The second-order valence-corrected chi connectivity index (χ2v) is 5.99. The average Bonchev–Trinajstić information content (AvgIpc) is 3.06. The van der Waals surface area contributed by atoms with Gasteiger partial charge in [0.1, 0.15) is 5.60 Å². The summed E-state index contributed by atoms with van der Waals surface area (Å²) in [4.78, 5) is 10.5. The van der Waals surface area contributed by atoms with Crippen molar-refractivity contribution in [1.82, 2.24) is 4.72 Å². The summed E-state index contributed by atoms with van der Waals surface area (Å²) < 4.78 is 41.7. The molecule has 0 aromatic carbocycles. The maximum atomic E-state index is 12.0. The number of methoxy groups -OCH3 is 1. The van der Waals surface area contributed by atoms with E-state index >= 15 is 0 Å². The van der Waals surface area contributed by atoms with Crippen LogP contribution in [-0.2, 0) is 19.5 Å². The number of sulfonamides is 1. The van der Waals surface area contributed by atoms with Crippen molar-refractivity contribution in [1.29, 1.82) is 0 Å². The van der Waals surface area contributed by atoms with Crippen molar-refractivity contribution in [2.75, 3.05) is 26.9 Å². The van der Waals surface area contributed by atoms with Crippen LogP contribution in [0.1, 0.15) is 17.0 Å². The highest BCUT2D eigenvalue weighted by Gasteiger charge is 2.36. The summed E-state index contributed by atoms with van der Waals surface area (Å²) in [6.07, 6.45) is 1.06. The zero-order valence-corrected chi connectivity index (χ0v) is 11.2. The van der Waals surface area contributed by atoms with Crippen LogP contribution in [0.4, 0.5) is 0 Å². The molecule has 1 aromatic heterocycles. The van der Waals surface area contributed by atoms with Gasteiger partial charge < -0.3 is 13.9 Å². The van der Waals surface area contributed by atoms with E-state index < -0.39 is 15.6 Å². The lowest BCUT2D eigenvalue weighted by Crippen LogP contribution is -2.44. The lowest BCUT2D eigenvalue weighted by Gasteiger charge is -2.25. The minimum absolute atomic E-state index is 0.0361. The summed E-state index contributed by atoms with van der Waals surface area (Å²) in [7, 11) is -2.28. The smallest absolute Gasteiger partial charge is 0.274 e. The molecule has 1 atom stereocenters. The van der Waals surface area contributed by atoms with E-state index in [4.69, 9.17) is 13.9 Å². The molecule has 7 nitrogen and oxygen atoms in total. The Morgan fingerprint density at radius 3 is 2.84 bits per heavy atom. The zero-order chi connectivity index (χ0) is 13.9. The van der Waals surface area contributed by atoms with E-state index in [1.54, 1.807) is 0 Å². The summed E-state index contributed by atoms with van der Waals surface area (Å²) in [5.74, 6) is -0.0361. The van der Waals surface area contributed by atoms with E-state index in [1.807, 2.05) is 0 Å². The average molecular weight is 289 g/mol. The molecule has 1 aliphatic rings. The van der Waals surface area contributed by atoms with Gasteiger partial charge in [-0.15, -0.1) is 0 Å². The molecule has 1 N–H and O–H groups in total. The van der Waals surface area contributed by atoms with Crippen LogP contribution in [0.3, 0.4) is 0 Å². The second-order valence-electron chi connectivity index (χ2n) is 4.29. The topological polar surface area (TPSA) is 94.8 Å². The predicted octanol–water partition coefficient (Wildman–Crippen LogP) is 0.176. The molecule has 106 valence electrons. The summed E-state index contributed by atoms with van der Waals surface area (Å²) in [6.45, 7) is 0.957. The predicted molar refractivity (Wildman–Crippen MR) is 64.5 cm³/mol. The minimum atomic E-state index is -3.80. The molecular formula is C11H15NO6S. The first-order valence-corrected chi connectivity index (χ1v) is 7.17. The Morgan fingerprint density at radius 2 is 2.32 bits per heavy atom. The maximum Gasteiger partial charge on any atom is 0.274 e. The van der Waals surface area contributed by atoms with Crippen LogP contribution in [-0.4, -0.2) is 47.2 Å². The van der Waals surface area contributed by atoms with Gasteiger partial charge in [-0.3, -0.25) is 4.79 Å². The quantitative estimate of drug-likeness (QED) is 0.750. The first-order valence-electron chi connectivity index (χ1n) is 5.69. The molecule has 0 aliphatic carbocycles. The molecule has 0 amide bonds. The zero-order valence-electron chi connectivity index (χ0n) is 10.4. The second kappa shape index (κ2) is 5.41. The molecule has 0 spiro atoms. The van der Waals surface area contributed by atoms with E-state index in [0.717, 1.165) is 0 Å². The lowest BCUT2D eigenvalue weighted by atomic mass is 10.0. The number of carbonyl (C=O) groups excluding carboxylic acids is 1.